The van der Waals surface area contributed by atoms with Gasteiger partial charge in [0.25, 0.3) is 5.78 Å². The van der Waals surface area contributed by atoms with E-state index in [4.69, 9.17) is 0 Å². The lowest BCUT2D eigenvalue weighted by molar-refractivity contribution is -0.136. The molecule has 1 amide bonds. The van der Waals surface area contributed by atoms with Crippen molar-refractivity contribution in [1.29, 1.82) is 0 Å². The molecule has 0 bridgehead atoms. The van der Waals surface area contributed by atoms with Crippen molar-refractivity contribution < 1.29 is 9.18 Å². The molecule has 1 aliphatic rings. The van der Waals surface area contributed by atoms with E-state index >= 15 is 0 Å². The van der Waals surface area contributed by atoms with Crippen LogP contribution in [-0.2, 0) is 11.2 Å². The maximum absolute atomic E-state index is 13.6. The number of halogens is 1. The molecule has 0 unspecified atom stereocenters. The Bertz CT molecular complexity index is 1090. The Morgan fingerprint density at radius 2 is 1.84 bits per heavy atom. The molecule has 1 aromatic carbocycles. The number of nitrogens with zero attached hydrogens (tertiary/aromatic N) is 5. The zero-order valence-electron chi connectivity index (χ0n) is 19.4. The van der Waals surface area contributed by atoms with Crippen LogP contribution >= 0.6 is 0 Å². The molecule has 2 heterocycles. The topological polar surface area (TPSA) is 63.4 Å². The standard InChI is InChI=1S/C25H32FN5O/c1-5-19-6-12-22(13-7-19)30(18(4)20-8-10-21(26)11-9-20)24(32)15-23-28-25-27-16(2)14-17(3)31(25)29-23/h8-11,14,18-19,22H,5-7,12-13,15H2,1-4H3/t18-,19?,22?/m1/s1. The Labute approximate surface area is 188 Å². The minimum Gasteiger partial charge on any atom is -0.333 e. The molecule has 4 rings (SSSR count). The van der Waals surface area contributed by atoms with Gasteiger partial charge in [-0.2, -0.15) is 4.98 Å². The van der Waals surface area contributed by atoms with E-state index in [1.807, 2.05) is 31.7 Å². The monoisotopic (exact) mass is 437 g/mol. The number of carbonyl (C=O) groups is 1. The first-order valence-corrected chi connectivity index (χ1v) is 11.6. The minimum atomic E-state index is -0.269. The molecule has 0 aliphatic heterocycles. The number of aromatic nitrogens is 4. The molecule has 0 spiro atoms. The lowest BCUT2D eigenvalue weighted by atomic mass is 9.83. The molecule has 2 aromatic heterocycles. The molecule has 170 valence electrons. The largest absolute Gasteiger partial charge is 0.333 e. The minimum absolute atomic E-state index is 0.00653. The molecule has 0 saturated heterocycles. The normalized spacial score (nSPS) is 19.8. The smallest absolute Gasteiger partial charge is 0.252 e. The van der Waals surface area contributed by atoms with Crippen LogP contribution in [0.4, 0.5) is 4.39 Å². The molecule has 0 N–H and O–H groups in total. The second kappa shape index (κ2) is 9.35. The highest BCUT2D eigenvalue weighted by atomic mass is 19.1. The summed E-state index contributed by atoms with van der Waals surface area (Å²) in [6, 6.07) is 8.44. The third kappa shape index (κ3) is 4.66. The summed E-state index contributed by atoms with van der Waals surface area (Å²) in [5.74, 6) is 1.48. The highest BCUT2D eigenvalue weighted by Crippen LogP contribution is 2.34. The Morgan fingerprint density at radius 3 is 2.50 bits per heavy atom. The van der Waals surface area contributed by atoms with Crippen LogP contribution in [0.3, 0.4) is 0 Å². The first kappa shape index (κ1) is 22.4. The van der Waals surface area contributed by atoms with Crippen molar-refractivity contribution in [3.05, 3.63) is 58.9 Å². The van der Waals surface area contributed by atoms with Gasteiger partial charge >= 0.3 is 0 Å². The van der Waals surface area contributed by atoms with Gasteiger partial charge in [0.2, 0.25) is 5.91 Å². The maximum Gasteiger partial charge on any atom is 0.252 e. The predicted octanol–water partition coefficient (Wildman–Crippen LogP) is 4.98. The molecular weight excluding hydrogens is 405 g/mol. The van der Waals surface area contributed by atoms with Gasteiger partial charge in [0.15, 0.2) is 5.82 Å². The summed E-state index contributed by atoms with van der Waals surface area (Å²) in [6.45, 7) is 8.15. The summed E-state index contributed by atoms with van der Waals surface area (Å²) >= 11 is 0. The highest BCUT2D eigenvalue weighted by Gasteiger charge is 2.32. The summed E-state index contributed by atoms with van der Waals surface area (Å²) in [4.78, 5) is 24.6. The van der Waals surface area contributed by atoms with E-state index in [2.05, 4.69) is 22.0 Å². The molecule has 6 nitrogen and oxygen atoms in total. The molecule has 1 saturated carbocycles. The molecule has 0 radical (unpaired) electrons. The number of hydrogen-bond acceptors (Lipinski definition) is 4. The number of amides is 1. The van der Waals surface area contributed by atoms with E-state index in [0.29, 0.717) is 11.6 Å². The average Bonchev–Trinajstić information content (AvgIpc) is 3.17. The van der Waals surface area contributed by atoms with Gasteiger partial charge in [-0.3, -0.25) is 4.79 Å². The second-order valence-corrected chi connectivity index (χ2v) is 9.07. The number of carbonyl (C=O) groups excluding carboxylic acids is 1. The van der Waals surface area contributed by atoms with E-state index < -0.39 is 0 Å². The van der Waals surface area contributed by atoms with E-state index in [1.54, 1.807) is 16.6 Å². The maximum atomic E-state index is 13.6. The zero-order chi connectivity index (χ0) is 22.8. The van der Waals surface area contributed by atoms with Gasteiger partial charge in [-0.25, -0.2) is 13.9 Å². The van der Waals surface area contributed by atoms with Crippen LogP contribution in [0.1, 0.15) is 74.8 Å². The molecule has 7 heteroatoms. The second-order valence-electron chi connectivity index (χ2n) is 9.07. The van der Waals surface area contributed by atoms with Crippen LogP contribution in [0.25, 0.3) is 5.78 Å². The first-order chi connectivity index (χ1) is 15.4. The van der Waals surface area contributed by atoms with E-state index in [-0.39, 0.29) is 30.2 Å². The van der Waals surface area contributed by atoms with Crippen molar-refractivity contribution in [2.75, 3.05) is 0 Å². The Morgan fingerprint density at radius 1 is 1.16 bits per heavy atom. The number of fused-ring (bicyclic) bond motifs is 1. The van der Waals surface area contributed by atoms with Crippen molar-refractivity contribution in [2.24, 2.45) is 5.92 Å². The fourth-order valence-corrected chi connectivity index (χ4v) is 4.98. The Balaban J connectivity index is 1.60. The van der Waals surface area contributed by atoms with E-state index in [1.165, 1.54) is 18.6 Å². The van der Waals surface area contributed by atoms with Gasteiger partial charge in [0, 0.05) is 17.4 Å². The van der Waals surface area contributed by atoms with Crippen molar-refractivity contribution >= 4 is 11.7 Å². The van der Waals surface area contributed by atoms with Gasteiger partial charge in [-0.15, -0.1) is 5.10 Å². The summed E-state index contributed by atoms with van der Waals surface area (Å²) in [7, 11) is 0. The van der Waals surface area contributed by atoms with Gasteiger partial charge in [0.1, 0.15) is 5.82 Å². The molecule has 1 aliphatic carbocycles. The summed E-state index contributed by atoms with van der Waals surface area (Å²) < 4.78 is 15.2. The molecule has 32 heavy (non-hydrogen) atoms. The molecule has 1 fully saturated rings. The van der Waals surface area contributed by atoms with Crippen LogP contribution in [-0.4, -0.2) is 36.4 Å². The zero-order valence-corrected chi connectivity index (χ0v) is 19.4. The summed E-state index contributed by atoms with van der Waals surface area (Å²) in [6.07, 6.45) is 5.57. The number of benzene rings is 1. The molecule has 3 aromatic rings. The number of rotatable bonds is 6. The van der Waals surface area contributed by atoms with Crippen molar-refractivity contribution in [1.82, 2.24) is 24.5 Å². The molecule has 1 atom stereocenters. The lowest BCUT2D eigenvalue weighted by Crippen LogP contribution is -2.44. The van der Waals surface area contributed by atoms with Crippen molar-refractivity contribution in [2.45, 2.75) is 78.3 Å². The first-order valence-electron chi connectivity index (χ1n) is 11.6. The Hall–Kier alpha value is -2.83. The summed E-state index contributed by atoms with van der Waals surface area (Å²) in [5, 5.41) is 4.54. The SMILES string of the molecule is CCC1CCC(N(C(=O)Cc2nc3nc(C)cc(C)n3n2)[C@H](C)c2ccc(F)cc2)CC1. The third-order valence-corrected chi connectivity index (χ3v) is 6.82. The Kier molecular flexibility index (Phi) is 6.53. The van der Waals surface area contributed by atoms with E-state index in [9.17, 15) is 9.18 Å². The van der Waals surface area contributed by atoms with Crippen molar-refractivity contribution in [3.63, 3.8) is 0 Å². The fraction of sp³-hybridized carbons (Fsp3) is 0.520. The van der Waals surface area contributed by atoms with Crippen molar-refractivity contribution in [3.8, 4) is 0 Å². The third-order valence-electron chi connectivity index (χ3n) is 6.82. The fourth-order valence-electron chi connectivity index (χ4n) is 4.98. The summed E-state index contributed by atoms with van der Waals surface area (Å²) in [5.41, 5.74) is 2.75. The predicted molar refractivity (Wildman–Crippen MR) is 122 cm³/mol. The van der Waals surface area contributed by atoms with Crippen LogP contribution in [0, 0.1) is 25.6 Å². The van der Waals surface area contributed by atoms with Crippen LogP contribution in [0.15, 0.2) is 30.3 Å². The van der Waals surface area contributed by atoms with Gasteiger partial charge in [-0.1, -0.05) is 25.5 Å². The van der Waals surface area contributed by atoms with Gasteiger partial charge < -0.3 is 4.90 Å². The quantitative estimate of drug-likeness (QED) is 0.546. The average molecular weight is 438 g/mol. The number of aryl methyl sites for hydroxylation is 2. The van der Waals surface area contributed by atoms with Crippen LogP contribution < -0.4 is 0 Å². The van der Waals surface area contributed by atoms with Crippen LogP contribution in [0.2, 0.25) is 0 Å². The van der Waals surface area contributed by atoms with E-state index in [0.717, 1.165) is 48.6 Å². The number of hydrogen-bond donors (Lipinski definition) is 0. The van der Waals surface area contributed by atoms with Gasteiger partial charge in [0.05, 0.1) is 12.5 Å². The lowest BCUT2D eigenvalue weighted by Gasteiger charge is -2.40. The highest BCUT2D eigenvalue weighted by molar-refractivity contribution is 5.79. The van der Waals surface area contributed by atoms with Crippen LogP contribution in [0.5, 0.6) is 0 Å². The molecular formula is C25H32FN5O. The van der Waals surface area contributed by atoms with Gasteiger partial charge in [-0.05, 0) is 76.1 Å².